The molecule has 1 aromatic rings. The molecule has 4 heteroatoms. The van der Waals surface area contributed by atoms with Crippen LogP contribution in [0.3, 0.4) is 0 Å². The molecule has 1 unspecified atom stereocenters. The Balaban J connectivity index is 1.91. The minimum absolute atomic E-state index is 0.0776. The summed E-state index contributed by atoms with van der Waals surface area (Å²) in [6, 6.07) is 4.63. The molecule has 1 aliphatic rings. The zero-order valence-corrected chi connectivity index (χ0v) is 12.1. The van der Waals surface area contributed by atoms with E-state index < -0.39 is 6.04 Å². The fourth-order valence-electron chi connectivity index (χ4n) is 2.86. The summed E-state index contributed by atoms with van der Waals surface area (Å²) in [6.45, 7) is 1.91. The number of phenols is 1. The molecule has 20 heavy (non-hydrogen) atoms. The van der Waals surface area contributed by atoms with Gasteiger partial charge in [0.2, 0.25) is 5.91 Å². The van der Waals surface area contributed by atoms with Crippen LogP contribution in [0.4, 0.5) is 5.69 Å². The topological polar surface area (TPSA) is 75.3 Å². The molecule has 0 aliphatic heterocycles. The Morgan fingerprint density at radius 2 is 2.10 bits per heavy atom. The predicted molar refractivity (Wildman–Crippen MR) is 80.6 cm³/mol. The quantitative estimate of drug-likeness (QED) is 0.740. The van der Waals surface area contributed by atoms with E-state index in [2.05, 4.69) is 5.32 Å². The highest BCUT2D eigenvalue weighted by atomic mass is 16.3. The van der Waals surface area contributed by atoms with Crippen molar-refractivity contribution < 1.29 is 9.90 Å². The van der Waals surface area contributed by atoms with Crippen molar-refractivity contribution in [2.24, 2.45) is 11.7 Å². The summed E-state index contributed by atoms with van der Waals surface area (Å²) in [5.74, 6) is 0.431. The van der Waals surface area contributed by atoms with Crippen molar-refractivity contribution in [1.29, 1.82) is 0 Å². The minimum Gasteiger partial charge on any atom is -0.506 e. The zero-order valence-electron chi connectivity index (χ0n) is 12.1. The highest BCUT2D eigenvalue weighted by Crippen LogP contribution is 2.28. The van der Waals surface area contributed by atoms with E-state index in [-0.39, 0.29) is 11.7 Å². The number of carbonyl (C=O) groups is 1. The van der Waals surface area contributed by atoms with Crippen molar-refractivity contribution in [3.05, 3.63) is 23.8 Å². The molecule has 0 aromatic heterocycles. The Bertz CT molecular complexity index is 468. The Labute approximate surface area is 120 Å². The van der Waals surface area contributed by atoms with E-state index in [4.69, 9.17) is 5.73 Å². The molecule has 0 saturated heterocycles. The lowest BCUT2D eigenvalue weighted by molar-refractivity contribution is -0.117. The van der Waals surface area contributed by atoms with E-state index in [9.17, 15) is 9.90 Å². The molecule has 2 rings (SSSR count). The second kappa shape index (κ2) is 6.75. The molecule has 0 heterocycles. The Kier molecular flexibility index (Phi) is 5.01. The minimum atomic E-state index is -0.502. The van der Waals surface area contributed by atoms with Gasteiger partial charge in [-0.05, 0) is 37.0 Å². The van der Waals surface area contributed by atoms with Crippen LogP contribution >= 0.6 is 0 Å². The highest BCUT2D eigenvalue weighted by Gasteiger charge is 2.21. The summed E-state index contributed by atoms with van der Waals surface area (Å²) in [6.07, 6.45) is 6.89. The first-order valence-electron chi connectivity index (χ1n) is 7.42. The van der Waals surface area contributed by atoms with E-state index in [1.165, 1.54) is 32.1 Å². The van der Waals surface area contributed by atoms with Crippen LogP contribution in [0.1, 0.15) is 44.1 Å². The van der Waals surface area contributed by atoms with Gasteiger partial charge in [0.05, 0.1) is 11.7 Å². The van der Waals surface area contributed by atoms with Crippen molar-refractivity contribution in [3.63, 3.8) is 0 Å². The smallest absolute Gasteiger partial charge is 0.241 e. The maximum Gasteiger partial charge on any atom is 0.241 e. The van der Waals surface area contributed by atoms with E-state index in [1.807, 2.05) is 6.92 Å². The standard InChI is InChI=1S/C16H24N2O2/c1-11-7-8-15(19)14(9-11)18-16(20)13(17)10-12-5-3-2-4-6-12/h7-9,12-13,19H,2-6,10,17H2,1H3,(H,18,20). The highest BCUT2D eigenvalue weighted by molar-refractivity contribution is 5.95. The number of hydrogen-bond acceptors (Lipinski definition) is 3. The molecular formula is C16H24N2O2. The van der Waals surface area contributed by atoms with E-state index in [0.717, 1.165) is 12.0 Å². The average Bonchev–Trinajstić information content (AvgIpc) is 2.44. The molecule has 0 radical (unpaired) electrons. The van der Waals surface area contributed by atoms with Gasteiger partial charge in [-0.3, -0.25) is 4.79 Å². The molecule has 0 spiro atoms. The largest absolute Gasteiger partial charge is 0.506 e. The second-order valence-corrected chi connectivity index (χ2v) is 5.86. The maximum absolute atomic E-state index is 12.1. The van der Waals surface area contributed by atoms with Gasteiger partial charge in [-0.25, -0.2) is 0 Å². The van der Waals surface area contributed by atoms with E-state index in [0.29, 0.717) is 11.6 Å². The number of rotatable bonds is 4. The van der Waals surface area contributed by atoms with Gasteiger partial charge in [-0.2, -0.15) is 0 Å². The Morgan fingerprint density at radius 1 is 1.40 bits per heavy atom. The van der Waals surface area contributed by atoms with Crippen LogP contribution in [0.25, 0.3) is 0 Å². The van der Waals surface area contributed by atoms with Crippen LogP contribution in [0.5, 0.6) is 5.75 Å². The van der Waals surface area contributed by atoms with Crippen molar-refractivity contribution in [3.8, 4) is 5.75 Å². The summed E-state index contributed by atoms with van der Waals surface area (Å²) in [4.78, 5) is 12.1. The third-order valence-corrected chi connectivity index (χ3v) is 4.06. The van der Waals surface area contributed by atoms with Crippen molar-refractivity contribution in [2.75, 3.05) is 5.32 Å². The number of nitrogens with one attached hydrogen (secondary N) is 1. The second-order valence-electron chi connectivity index (χ2n) is 5.86. The first-order chi connectivity index (χ1) is 9.56. The summed E-state index contributed by atoms with van der Waals surface area (Å²) >= 11 is 0. The Hall–Kier alpha value is -1.55. The molecule has 1 amide bonds. The first kappa shape index (κ1) is 14.9. The summed E-state index contributed by atoms with van der Waals surface area (Å²) in [5.41, 5.74) is 7.41. The lowest BCUT2D eigenvalue weighted by Gasteiger charge is -2.24. The van der Waals surface area contributed by atoms with Crippen molar-refractivity contribution in [1.82, 2.24) is 0 Å². The molecule has 110 valence electrons. The number of phenolic OH excluding ortho intramolecular Hbond substituents is 1. The number of carbonyl (C=O) groups excluding carboxylic acids is 1. The SMILES string of the molecule is Cc1ccc(O)c(NC(=O)C(N)CC2CCCCC2)c1. The summed E-state index contributed by atoms with van der Waals surface area (Å²) in [7, 11) is 0. The third-order valence-electron chi connectivity index (χ3n) is 4.06. The van der Waals surface area contributed by atoms with Gasteiger partial charge in [0.25, 0.3) is 0 Å². The molecule has 0 bridgehead atoms. The molecular weight excluding hydrogens is 252 g/mol. The molecule has 1 aliphatic carbocycles. The van der Waals surface area contributed by atoms with Crippen LogP contribution < -0.4 is 11.1 Å². The van der Waals surface area contributed by atoms with Gasteiger partial charge in [0.15, 0.2) is 0 Å². The average molecular weight is 276 g/mol. The third kappa shape index (κ3) is 3.97. The van der Waals surface area contributed by atoms with Gasteiger partial charge in [-0.15, -0.1) is 0 Å². The number of nitrogens with two attached hydrogens (primary N) is 1. The van der Waals surface area contributed by atoms with Crippen LogP contribution in [0.15, 0.2) is 18.2 Å². The Morgan fingerprint density at radius 3 is 2.80 bits per heavy atom. The fourth-order valence-corrected chi connectivity index (χ4v) is 2.86. The lowest BCUT2D eigenvalue weighted by atomic mass is 9.85. The number of anilines is 1. The predicted octanol–water partition coefficient (Wildman–Crippen LogP) is 2.94. The summed E-state index contributed by atoms with van der Waals surface area (Å²) < 4.78 is 0. The lowest BCUT2D eigenvalue weighted by Crippen LogP contribution is -2.37. The summed E-state index contributed by atoms with van der Waals surface area (Å²) in [5, 5.41) is 12.5. The first-order valence-corrected chi connectivity index (χ1v) is 7.42. The van der Waals surface area contributed by atoms with Gasteiger partial charge in [0, 0.05) is 0 Å². The number of benzene rings is 1. The van der Waals surface area contributed by atoms with E-state index in [1.54, 1.807) is 18.2 Å². The molecule has 1 fully saturated rings. The van der Waals surface area contributed by atoms with E-state index >= 15 is 0 Å². The van der Waals surface area contributed by atoms with Gasteiger partial charge >= 0.3 is 0 Å². The van der Waals surface area contributed by atoms with Gasteiger partial charge < -0.3 is 16.2 Å². The fraction of sp³-hybridized carbons (Fsp3) is 0.562. The van der Waals surface area contributed by atoms with Crippen LogP contribution in [-0.2, 0) is 4.79 Å². The molecule has 4 N–H and O–H groups in total. The number of aryl methyl sites for hydroxylation is 1. The van der Waals surface area contributed by atoms with Crippen LogP contribution in [0.2, 0.25) is 0 Å². The normalized spacial score (nSPS) is 17.7. The molecule has 4 nitrogen and oxygen atoms in total. The number of hydrogen-bond donors (Lipinski definition) is 3. The molecule has 1 aromatic carbocycles. The van der Waals surface area contributed by atoms with Gasteiger partial charge in [0.1, 0.15) is 5.75 Å². The van der Waals surface area contributed by atoms with Gasteiger partial charge in [-0.1, -0.05) is 38.2 Å². The zero-order chi connectivity index (χ0) is 14.5. The van der Waals surface area contributed by atoms with Crippen molar-refractivity contribution >= 4 is 11.6 Å². The maximum atomic E-state index is 12.1. The van der Waals surface area contributed by atoms with Crippen LogP contribution in [0, 0.1) is 12.8 Å². The van der Waals surface area contributed by atoms with Crippen molar-refractivity contribution in [2.45, 2.75) is 51.5 Å². The number of aromatic hydroxyl groups is 1. The molecule has 1 atom stereocenters. The monoisotopic (exact) mass is 276 g/mol. The number of amides is 1. The van der Waals surface area contributed by atoms with Crippen LogP contribution in [-0.4, -0.2) is 17.1 Å². The molecule has 1 saturated carbocycles.